The van der Waals surface area contributed by atoms with Gasteiger partial charge in [-0.25, -0.2) is 4.98 Å². The summed E-state index contributed by atoms with van der Waals surface area (Å²) in [6.07, 6.45) is 0. The number of thiazole rings is 1. The molecular formula is C16H12BrClN2S. The van der Waals surface area contributed by atoms with Gasteiger partial charge in [0.25, 0.3) is 0 Å². The standard InChI is InChI=1S/C16H12BrClN2S/c17-12-5-6-13(14(18)7-12)15-9-21-16(20-15)11-3-1-10(8-19)2-4-11/h1-7,9H,8,19H2. The third-order valence-corrected chi connectivity index (χ3v) is 4.85. The fourth-order valence-corrected chi connectivity index (χ4v) is 3.61. The zero-order valence-electron chi connectivity index (χ0n) is 11.0. The highest BCUT2D eigenvalue weighted by Crippen LogP contribution is 2.34. The molecule has 0 spiro atoms. The average Bonchev–Trinajstić information content (AvgIpc) is 2.97. The molecule has 3 aromatic rings. The van der Waals surface area contributed by atoms with Gasteiger partial charge in [0, 0.05) is 27.5 Å². The highest BCUT2D eigenvalue weighted by molar-refractivity contribution is 9.10. The van der Waals surface area contributed by atoms with Gasteiger partial charge in [0.05, 0.1) is 10.7 Å². The number of nitrogens with zero attached hydrogens (tertiary/aromatic N) is 1. The van der Waals surface area contributed by atoms with Crippen molar-refractivity contribution < 1.29 is 0 Å². The average molecular weight is 380 g/mol. The molecule has 3 rings (SSSR count). The number of halogens is 2. The van der Waals surface area contributed by atoms with Gasteiger partial charge in [-0.05, 0) is 17.7 Å². The second kappa shape index (κ2) is 6.28. The smallest absolute Gasteiger partial charge is 0.124 e. The highest BCUT2D eigenvalue weighted by Gasteiger charge is 2.10. The Balaban J connectivity index is 1.95. The van der Waals surface area contributed by atoms with Gasteiger partial charge in [0.15, 0.2) is 0 Å². The van der Waals surface area contributed by atoms with Crippen LogP contribution in [0, 0.1) is 0 Å². The van der Waals surface area contributed by atoms with Gasteiger partial charge in [-0.3, -0.25) is 0 Å². The van der Waals surface area contributed by atoms with E-state index in [-0.39, 0.29) is 0 Å². The second-order valence-electron chi connectivity index (χ2n) is 4.56. The van der Waals surface area contributed by atoms with E-state index in [9.17, 15) is 0 Å². The van der Waals surface area contributed by atoms with Gasteiger partial charge in [-0.1, -0.05) is 57.9 Å². The Morgan fingerprint density at radius 3 is 2.57 bits per heavy atom. The molecule has 0 fully saturated rings. The maximum Gasteiger partial charge on any atom is 0.124 e. The van der Waals surface area contributed by atoms with Gasteiger partial charge < -0.3 is 5.73 Å². The summed E-state index contributed by atoms with van der Waals surface area (Å²) in [5.41, 5.74) is 9.67. The molecule has 2 N–H and O–H groups in total. The van der Waals surface area contributed by atoms with E-state index in [4.69, 9.17) is 17.3 Å². The largest absolute Gasteiger partial charge is 0.326 e. The lowest BCUT2D eigenvalue weighted by atomic mass is 10.1. The highest BCUT2D eigenvalue weighted by atomic mass is 79.9. The molecular weight excluding hydrogens is 368 g/mol. The van der Waals surface area contributed by atoms with E-state index in [0.717, 1.165) is 31.9 Å². The van der Waals surface area contributed by atoms with E-state index in [1.807, 2.05) is 47.8 Å². The Labute approximate surface area is 140 Å². The number of hydrogen-bond donors (Lipinski definition) is 1. The zero-order valence-corrected chi connectivity index (χ0v) is 14.2. The number of nitrogens with two attached hydrogens (primary N) is 1. The van der Waals surface area contributed by atoms with Crippen molar-refractivity contribution in [3.8, 4) is 21.8 Å². The molecule has 2 aromatic carbocycles. The molecule has 0 radical (unpaired) electrons. The van der Waals surface area contributed by atoms with E-state index >= 15 is 0 Å². The third-order valence-electron chi connectivity index (χ3n) is 3.15. The first-order valence-corrected chi connectivity index (χ1v) is 8.43. The van der Waals surface area contributed by atoms with Crippen molar-refractivity contribution in [2.24, 2.45) is 5.73 Å². The van der Waals surface area contributed by atoms with Crippen LogP contribution in [0.15, 0.2) is 52.3 Å². The Hall–Kier alpha value is -1.20. The van der Waals surface area contributed by atoms with Gasteiger partial charge in [-0.2, -0.15) is 0 Å². The van der Waals surface area contributed by atoms with Crippen molar-refractivity contribution in [3.05, 3.63) is 62.9 Å². The molecule has 5 heteroatoms. The van der Waals surface area contributed by atoms with Crippen molar-refractivity contribution in [1.29, 1.82) is 0 Å². The molecule has 0 bridgehead atoms. The Kier molecular flexibility index (Phi) is 4.40. The summed E-state index contributed by atoms with van der Waals surface area (Å²) in [7, 11) is 0. The zero-order chi connectivity index (χ0) is 14.8. The van der Waals surface area contributed by atoms with E-state index in [1.54, 1.807) is 11.3 Å². The number of rotatable bonds is 3. The molecule has 1 aromatic heterocycles. The first-order valence-electron chi connectivity index (χ1n) is 6.37. The van der Waals surface area contributed by atoms with E-state index in [2.05, 4.69) is 20.9 Å². The summed E-state index contributed by atoms with van der Waals surface area (Å²) in [6.45, 7) is 0.553. The van der Waals surface area contributed by atoms with Crippen LogP contribution < -0.4 is 5.73 Å². The summed E-state index contributed by atoms with van der Waals surface area (Å²) in [5, 5.41) is 3.70. The second-order valence-corrected chi connectivity index (χ2v) is 6.74. The van der Waals surface area contributed by atoms with Gasteiger partial charge in [-0.15, -0.1) is 11.3 Å². The topological polar surface area (TPSA) is 38.9 Å². The normalized spacial score (nSPS) is 10.8. The van der Waals surface area contributed by atoms with Crippen LogP contribution in [0.1, 0.15) is 5.56 Å². The molecule has 0 saturated carbocycles. The van der Waals surface area contributed by atoms with Gasteiger partial charge in [0.2, 0.25) is 0 Å². The summed E-state index contributed by atoms with van der Waals surface area (Å²) in [4.78, 5) is 4.68. The first-order chi connectivity index (χ1) is 10.2. The van der Waals surface area contributed by atoms with Crippen LogP contribution >= 0.6 is 38.9 Å². The van der Waals surface area contributed by atoms with Crippen molar-refractivity contribution in [2.45, 2.75) is 6.54 Å². The van der Waals surface area contributed by atoms with E-state index in [0.29, 0.717) is 11.6 Å². The predicted molar refractivity (Wildman–Crippen MR) is 93.6 cm³/mol. The van der Waals surface area contributed by atoms with Crippen molar-refractivity contribution in [1.82, 2.24) is 4.98 Å². The van der Waals surface area contributed by atoms with E-state index in [1.165, 1.54) is 0 Å². The fourth-order valence-electron chi connectivity index (χ4n) is 2.01. The van der Waals surface area contributed by atoms with Gasteiger partial charge >= 0.3 is 0 Å². The SMILES string of the molecule is NCc1ccc(-c2nc(-c3ccc(Br)cc3Cl)cs2)cc1. The van der Waals surface area contributed by atoms with Crippen molar-refractivity contribution in [3.63, 3.8) is 0 Å². The minimum absolute atomic E-state index is 0.553. The van der Waals surface area contributed by atoms with Crippen LogP contribution in [0.3, 0.4) is 0 Å². The molecule has 0 amide bonds. The lowest BCUT2D eigenvalue weighted by Gasteiger charge is -2.01. The quantitative estimate of drug-likeness (QED) is 0.666. The summed E-state index contributed by atoms with van der Waals surface area (Å²) in [6, 6.07) is 14.0. The van der Waals surface area contributed by atoms with Crippen LogP contribution in [0.2, 0.25) is 5.02 Å². The Bertz CT molecular complexity index is 768. The number of hydrogen-bond acceptors (Lipinski definition) is 3. The maximum atomic E-state index is 6.28. The molecule has 0 aliphatic carbocycles. The van der Waals surface area contributed by atoms with E-state index < -0.39 is 0 Å². The fraction of sp³-hybridized carbons (Fsp3) is 0.0625. The van der Waals surface area contributed by atoms with Gasteiger partial charge in [0.1, 0.15) is 5.01 Å². The lowest BCUT2D eigenvalue weighted by molar-refractivity contribution is 1.07. The minimum Gasteiger partial charge on any atom is -0.326 e. The van der Waals surface area contributed by atoms with Crippen LogP contribution in [-0.2, 0) is 6.54 Å². The molecule has 21 heavy (non-hydrogen) atoms. The third kappa shape index (κ3) is 3.19. The lowest BCUT2D eigenvalue weighted by Crippen LogP contribution is -1.95. The monoisotopic (exact) mass is 378 g/mol. The molecule has 1 heterocycles. The van der Waals surface area contributed by atoms with Crippen molar-refractivity contribution in [2.75, 3.05) is 0 Å². The van der Waals surface area contributed by atoms with Crippen LogP contribution in [-0.4, -0.2) is 4.98 Å². The minimum atomic E-state index is 0.553. The Morgan fingerprint density at radius 1 is 1.14 bits per heavy atom. The van der Waals surface area contributed by atoms with Crippen LogP contribution in [0.5, 0.6) is 0 Å². The van der Waals surface area contributed by atoms with Crippen molar-refractivity contribution >= 4 is 38.9 Å². The molecule has 106 valence electrons. The van der Waals surface area contributed by atoms with Crippen LogP contribution in [0.25, 0.3) is 21.8 Å². The Morgan fingerprint density at radius 2 is 1.90 bits per heavy atom. The number of aromatic nitrogens is 1. The first kappa shape index (κ1) is 14.7. The molecule has 0 unspecified atom stereocenters. The number of benzene rings is 2. The predicted octanol–water partition coefficient (Wildman–Crippen LogP) is 5.35. The molecule has 0 aliphatic rings. The summed E-state index contributed by atoms with van der Waals surface area (Å²) in [5.74, 6) is 0. The molecule has 0 aliphatic heterocycles. The molecule has 0 saturated heterocycles. The van der Waals surface area contributed by atoms with Crippen LogP contribution in [0.4, 0.5) is 0 Å². The molecule has 0 atom stereocenters. The maximum absolute atomic E-state index is 6.28. The molecule has 2 nitrogen and oxygen atoms in total. The summed E-state index contributed by atoms with van der Waals surface area (Å²) < 4.78 is 0.962. The summed E-state index contributed by atoms with van der Waals surface area (Å²) >= 11 is 11.3.